The van der Waals surface area contributed by atoms with Gasteiger partial charge in [-0.15, -0.1) is 5.54 Å². The lowest BCUT2D eigenvalue weighted by molar-refractivity contribution is 0.0688. The highest BCUT2D eigenvalue weighted by Crippen LogP contribution is 2.46. The number of anilines is 1. The molecule has 5 heterocycles. The van der Waals surface area contributed by atoms with Gasteiger partial charge in [-0.25, -0.2) is 36.9 Å². The van der Waals surface area contributed by atoms with E-state index in [-0.39, 0.29) is 70.2 Å². The van der Waals surface area contributed by atoms with Crippen molar-refractivity contribution in [2.75, 3.05) is 30.9 Å². The molecule has 0 saturated carbocycles. The van der Waals surface area contributed by atoms with Crippen LogP contribution < -0.4 is 9.64 Å². The quantitative estimate of drug-likeness (QED) is 0.0972. The second kappa shape index (κ2) is 15.5. The van der Waals surface area contributed by atoms with E-state index in [1.54, 1.807) is 18.2 Å². The number of rotatable bonds is 8. The number of carbonyl (C=O) groups is 1. The summed E-state index contributed by atoms with van der Waals surface area (Å²) in [7, 11) is -7.77. The van der Waals surface area contributed by atoms with E-state index < -0.39 is 42.8 Å². The Morgan fingerprint density at radius 2 is 1.66 bits per heavy atom. The number of nitrogens with zero attached hydrogens (tertiary/aromatic N) is 5. The fourth-order valence-electron chi connectivity index (χ4n) is 9.75. The molecule has 2 saturated heterocycles. The Morgan fingerprint density at radius 3 is 2.31 bits per heavy atom. The fraction of sp³-hybridized carbons (Fsp3) is 0.535. The van der Waals surface area contributed by atoms with Gasteiger partial charge in [-0.1, -0.05) is 91.4 Å². The van der Waals surface area contributed by atoms with Crippen LogP contribution in [0.1, 0.15) is 66.4 Å². The highest BCUT2D eigenvalue weighted by Gasteiger charge is 2.51. The first-order chi connectivity index (χ1) is 27.2. The lowest BCUT2D eigenvalue weighted by atomic mass is 9.96. The highest BCUT2D eigenvalue weighted by molar-refractivity contribution is 7.90. The first kappa shape index (κ1) is 42.0. The molecule has 2 fully saturated rings. The number of ether oxygens (including phenoxy) is 2. The van der Waals surface area contributed by atoms with E-state index in [0.29, 0.717) is 47.0 Å². The van der Waals surface area contributed by atoms with Crippen molar-refractivity contribution in [3.05, 3.63) is 47.5 Å². The maximum absolute atomic E-state index is 17.5. The minimum Gasteiger partial charge on any atom is -0.477 e. The summed E-state index contributed by atoms with van der Waals surface area (Å²) in [5.74, 6) is 2.12. The van der Waals surface area contributed by atoms with Gasteiger partial charge < -0.3 is 14.4 Å². The molecule has 0 radical (unpaired) electrons. The lowest BCUT2D eigenvalue weighted by Gasteiger charge is -2.47. The van der Waals surface area contributed by atoms with Crippen molar-refractivity contribution >= 4 is 59.6 Å². The summed E-state index contributed by atoms with van der Waals surface area (Å²) < 4.78 is 72.2. The number of pyridine rings is 1. The van der Waals surface area contributed by atoms with E-state index in [1.807, 2.05) is 15.9 Å². The van der Waals surface area contributed by atoms with Crippen LogP contribution in [0.15, 0.2) is 35.5 Å². The molecule has 2 bridgehead atoms. The average molecular weight is 848 g/mol. The Kier molecular flexibility index (Phi) is 11.2. The second-order valence-electron chi connectivity index (χ2n) is 18.4. The molecule has 15 heteroatoms. The lowest BCUT2D eigenvalue weighted by Crippen LogP contribution is -2.62. The summed E-state index contributed by atoms with van der Waals surface area (Å²) >= 11 is 0. The van der Waals surface area contributed by atoms with Crippen molar-refractivity contribution < 1.29 is 31.5 Å². The Balaban J connectivity index is 1.40. The standard InChI is InChI=1S/C43H55F2N5O5SSi2/c1-25(2)58(26(3)4,27(5)6)22-19-30-32(44)16-14-28-12-11-13-31(35(28)30)38-37(45)39-36-40(48-42(47-39)56(7,52)53)49-24-29-15-17-34(33(49)18-20-54-41(36)46-38)50(29)43(51)55-21-23-57(8,9)10/h11-14,16,25-27,29,33-34H,15,17-18,20-21,23-24H2,1-10H3/t29-,33-,34+/m1/s1. The van der Waals surface area contributed by atoms with Gasteiger partial charge in [0.1, 0.15) is 36.3 Å². The number of piperazine rings is 1. The summed E-state index contributed by atoms with van der Waals surface area (Å²) in [6.45, 7) is 20.7. The van der Waals surface area contributed by atoms with Gasteiger partial charge in [0.2, 0.25) is 20.9 Å². The number of amides is 1. The van der Waals surface area contributed by atoms with Gasteiger partial charge in [0, 0.05) is 38.2 Å². The molecule has 310 valence electrons. The predicted molar refractivity (Wildman–Crippen MR) is 231 cm³/mol. The van der Waals surface area contributed by atoms with E-state index >= 15 is 8.78 Å². The Morgan fingerprint density at radius 1 is 0.948 bits per heavy atom. The van der Waals surface area contributed by atoms with Gasteiger partial charge in [-0.3, -0.25) is 4.90 Å². The average Bonchev–Trinajstić information content (AvgIpc) is 3.46. The van der Waals surface area contributed by atoms with Gasteiger partial charge in [0.05, 0.1) is 36.9 Å². The maximum Gasteiger partial charge on any atom is 0.410 e. The molecule has 3 aliphatic rings. The van der Waals surface area contributed by atoms with E-state index in [1.165, 1.54) is 6.07 Å². The van der Waals surface area contributed by atoms with Crippen LogP contribution in [0.25, 0.3) is 32.9 Å². The first-order valence-electron chi connectivity index (χ1n) is 20.4. The monoisotopic (exact) mass is 847 g/mol. The number of halogens is 2. The molecule has 10 nitrogen and oxygen atoms in total. The molecule has 0 spiro atoms. The van der Waals surface area contributed by atoms with Gasteiger partial charge in [0.15, 0.2) is 5.82 Å². The van der Waals surface area contributed by atoms with Crippen molar-refractivity contribution in [1.29, 1.82) is 0 Å². The smallest absolute Gasteiger partial charge is 0.410 e. The molecule has 0 unspecified atom stereocenters. The number of benzene rings is 2. The Bertz CT molecular complexity index is 2440. The van der Waals surface area contributed by atoms with Crippen LogP contribution in [0.3, 0.4) is 0 Å². The number of hydrogen-bond donors (Lipinski definition) is 0. The van der Waals surface area contributed by atoms with Crippen LogP contribution in [0, 0.1) is 23.1 Å². The third-order valence-electron chi connectivity index (χ3n) is 12.6. The van der Waals surface area contributed by atoms with Crippen molar-refractivity contribution in [3.8, 4) is 28.6 Å². The molecule has 0 aliphatic carbocycles. The molecule has 1 amide bonds. The molecular weight excluding hydrogens is 793 g/mol. The minimum atomic E-state index is -4.04. The summed E-state index contributed by atoms with van der Waals surface area (Å²) in [6, 6.07) is 8.35. The van der Waals surface area contributed by atoms with E-state index in [4.69, 9.17) is 14.5 Å². The summed E-state index contributed by atoms with van der Waals surface area (Å²) in [4.78, 5) is 31.1. The Hall–Kier alpha value is -4.14. The SMILES string of the molecule is CC(C)[Si](C#Cc1c(F)ccc2cccc(-c3nc4c5c(nc(S(C)(=O)=O)nc5c3F)N3C[C@H]5CC[C@@H]([C@H]3CCO4)N5C(=O)OCC[Si](C)(C)C)c12)(C(C)C)C(C)C. The zero-order chi connectivity index (χ0) is 42.1. The topological polar surface area (TPSA) is 115 Å². The predicted octanol–water partition coefficient (Wildman–Crippen LogP) is 9.38. The number of hydrogen-bond acceptors (Lipinski definition) is 9. The molecule has 3 atom stereocenters. The van der Waals surface area contributed by atoms with Gasteiger partial charge in [-0.2, -0.15) is 0 Å². The van der Waals surface area contributed by atoms with Crippen molar-refractivity contribution in [3.63, 3.8) is 0 Å². The maximum atomic E-state index is 17.5. The number of carbonyl (C=O) groups excluding carboxylic acids is 1. The van der Waals surface area contributed by atoms with Crippen LogP contribution in [0.5, 0.6) is 5.88 Å². The Labute approximate surface area is 343 Å². The minimum absolute atomic E-state index is 0.0484. The van der Waals surface area contributed by atoms with Crippen molar-refractivity contribution in [2.45, 2.75) is 126 Å². The van der Waals surface area contributed by atoms with Crippen molar-refractivity contribution in [2.24, 2.45) is 0 Å². The van der Waals surface area contributed by atoms with Crippen LogP contribution in [-0.4, -0.2) is 94.7 Å². The van der Waals surface area contributed by atoms with Crippen molar-refractivity contribution in [1.82, 2.24) is 19.9 Å². The van der Waals surface area contributed by atoms with Gasteiger partial charge in [0.25, 0.3) is 0 Å². The van der Waals surface area contributed by atoms with Gasteiger partial charge in [-0.05, 0) is 47.0 Å². The second-order valence-corrected chi connectivity index (χ2v) is 31.5. The third-order valence-corrected chi connectivity index (χ3v) is 21.4. The van der Waals surface area contributed by atoms with Crippen LogP contribution in [-0.2, 0) is 14.6 Å². The first-order valence-corrected chi connectivity index (χ1v) is 28.3. The largest absolute Gasteiger partial charge is 0.477 e. The number of aromatic nitrogens is 3. The van der Waals surface area contributed by atoms with E-state index in [0.717, 1.165) is 25.1 Å². The van der Waals surface area contributed by atoms with Crippen LogP contribution >= 0.6 is 0 Å². The molecule has 7 rings (SSSR count). The molecule has 4 aromatic rings. The van der Waals surface area contributed by atoms with E-state index in [2.05, 4.69) is 82.6 Å². The summed E-state index contributed by atoms with van der Waals surface area (Å²) in [6.07, 6.45) is 2.54. The summed E-state index contributed by atoms with van der Waals surface area (Å²) in [5.41, 5.74) is 4.57. The number of sulfone groups is 1. The third kappa shape index (κ3) is 7.38. The van der Waals surface area contributed by atoms with Crippen LogP contribution in [0.4, 0.5) is 19.4 Å². The van der Waals surface area contributed by atoms with Crippen LogP contribution in [0.2, 0.25) is 42.3 Å². The normalized spacial score (nSPS) is 19.6. The molecule has 2 aromatic carbocycles. The molecule has 0 N–H and O–H groups in total. The highest BCUT2D eigenvalue weighted by atomic mass is 32.2. The molecule has 58 heavy (non-hydrogen) atoms. The molecule has 3 aliphatic heterocycles. The molecular formula is C43H55F2N5O5SSi2. The summed E-state index contributed by atoms with van der Waals surface area (Å²) in [5, 5.41) is 0.663. The molecule has 2 aromatic heterocycles. The van der Waals surface area contributed by atoms with Gasteiger partial charge >= 0.3 is 6.09 Å². The number of fused-ring (bicyclic) bond motifs is 6. The zero-order valence-corrected chi connectivity index (χ0v) is 38.1. The van der Waals surface area contributed by atoms with E-state index in [9.17, 15) is 13.2 Å². The fourth-order valence-corrected chi connectivity index (χ4v) is 16.2. The zero-order valence-electron chi connectivity index (χ0n) is 35.2.